The molecule has 1 N–H and O–H groups in total. The van der Waals surface area contributed by atoms with E-state index >= 15 is 0 Å². The minimum atomic E-state index is -0.948. The van der Waals surface area contributed by atoms with Gasteiger partial charge in [-0.2, -0.15) is 5.26 Å². The molecule has 0 unspecified atom stereocenters. The summed E-state index contributed by atoms with van der Waals surface area (Å²) in [5, 5.41) is 17.4. The number of nitriles is 1. The van der Waals surface area contributed by atoms with Crippen molar-refractivity contribution in [2.75, 3.05) is 13.1 Å². The molecule has 0 aliphatic heterocycles. The van der Waals surface area contributed by atoms with E-state index in [9.17, 15) is 4.79 Å². The number of nitrogens with zero attached hydrogens (tertiary/aromatic N) is 2. The van der Waals surface area contributed by atoms with Crippen molar-refractivity contribution >= 4 is 12.0 Å². The molecule has 21 heavy (non-hydrogen) atoms. The Hall–Kier alpha value is -2.12. The van der Waals surface area contributed by atoms with Gasteiger partial charge >= 0.3 is 5.97 Å². The quantitative estimate of drug-likeness (QED) is 0.746. The highest BCUT2D eigenvalue weighted by Gasteiger charge is 2.08. The summed E-state index contributed by atoms with van der Waals surface area (Å²) in [5.41, 5.74) is 2.00. The molecule has 112 valence electrons. The van der Waals surface area contributed by atoms with Crippen LogP contribution in [0.3, 0.4) is 0 Å². The predicted octanol–water partition coefficient (Wildman–Crippen LogP) is 3.16. The zero-order valence-corrected chi connectivity index (χ0v) is 12.6. The normalized spacial score (nSPS) is 11.2. The molecule has 0 fully saturated rings. The Kier molecular flexibility index (Phi) is 7.20. The van der Waals surface area contributed by atoms with Crippen LogP contribution < -0.4 is 0 Å². The Labute approximate surface area is 126 Å². The highest BCUT2D eigenvalue weighted by atomic mass is 16.4. The van der Waals surface area contributed by atoms with Gasteiger partial charge in [-0.05, 0) is 23.1 Å². The molecule has 0 radical (unpaired) electrons. The first-order valence-corrected chi connectivity index (χ1v) is 7.10. The second kappa shape index (κ2) is 8.93. The standard InChI is InChI=1S/C17H22N2O2/c1-14(2)12-19(10-4-9-18)13-16-6-3-5-15(11-16)7-8-17(20)21/h3,5-8,11,14H,4,10,12-13H2,1-2H3,(H,20,21). The van der Waals surface area contributed by atoms with Crippen LogP contribution in [0, 0.1) is 17.2 Å². The molecule has 1 aromatic carbocycles. The third-order valence-corrected chi connectivity index (χ3v) is 2.94. The summed E-state index contributed by atoms with van der Waals surface area (Å²) in [6, 6.07) is 10.00. The van der Waals surface area contributed by atoms with E-state index in [2.05, 4.69) is 24.8 Å². The van der Waals surface area contributed by atoms with E-state index in [4.69, 9.17) is 10.4 Å². The topological polar surface area (TPSA) is 64.3 Å². The van der Waals surface area contributed by atoms with Crippen LogP contribution in [-0.4, -0.2) is 29.1 Å². The SMILES string of the molecule is CC(C)CN(CCC#N)Cc1cccc(C=CC(=O)O)c1. The molecule has 0 spiro atoms. The highest BCUT2D eigenvalue weighted by molar-refractivity contribution is 5.85. The first-order valence-electron chi connectivity index (χ1n) is 7.10. The average Bonchev–Trinajstić information content (AvgIpc) is 2.42. The Balaban J connectivity index is 2.76. The van der Waals surface area contributed by atoms with Crippen molar-refractivity contribution in [1.82, 2.24) is 4.90 Å². The molecule has 0 saturated carbocycles. The fourth-order valence-corrected chi connectivity index (χ4v) is 2.18. The van der Waals surface area contributed by atoms with Crippen LogP contribution in [0.4, 0.5) is 0 Å². The monoisotopic (exact) mass is 286 g/mol. The maximum absolute atomic E-state index is 10.5. The number of carbonyl (C=O) groups is 1. The van der Waals surface area contributed by atoms with Gasteiger partial charge in [0, 0.05) is 32.1 Å². The van der Waals surface area contributed by atoms with Gasteiger partial charge in [0.2, 0.25) is 0 Å². The molecule has 0 aliphatic rings. The number of aliphatic carboxylic acids is 1. The van der Waals surface area contributed by atoms with Crippen LogP contribution in [0.1, 0.15) is 31.4 Å². The molecule has 0 heterocycles. The molecule has 0 saturated heterocycles. The Morgan fingerprint density at radius 1 is 1.48 bits per heavy atom. The minimum absolute atomic E-state index is 0.519. The van der Waals surface area contributed by atoms with Crippen LogP contribution in [0.25, 0.3) is 6.08 Å². The summed E-state index contributed by atoms with van der Waals surface area (Å²) in [5.74, 6) is -0.408. The van der Waals surface area contributed by atoms with Gasteiger partial charge in [-0.15, -0.1) is 0 Å². The molecular formula is C17H22N2O2. The van der Waals surface area contributed by atoms with E-state index < -0.39 is 5.97 Å². The second-order valence-electron chi connectivity index (χ2n) is 5.45. The molecule has 1 rings (SSSR count). The van der Waals surface area contributed by atoms with Gasteiger partial charge in [0.25, 0.3) is 0 Å². The van der Waals surface area contributed by atoms with E-state index in [1.807, 2.05) is 24.3 Å². The maximum atomic E-state index is 10.5. The number of hydrogen-bond acceptors (Lipinski definition) is 3. The van der Waals surface area contributed by atoms with Crippen molar-refractivity contribution in [1.29, 1.82) is 5.26 Å². The van der Waals surface area contributed by atoms with Crippen LogP contribution in [0.2, 0.25) is 0 Å². The van der Waals surface area contributed by atoms with Gasteiger partial charge in [-0.25, -0.2) is 4.79 Å². The largest absolute Gasteiger partial charge is 0.478 e. The Bertz CT molecular complexity index is 530. The molecule has 0 aliphatic carbocycles. The zero-order valence-electron chi connectivity index (χ0n) is 12.6. The van der Waals surface area contributed by atoms with Gasteiger partial charge < -0.3 is 5.11 Å². The molecule has 0 atom stereocenters. The molecule has 0 bridgehead atoms. The lowest BCUT2D eigenvalue weighted by Gasteiger charge is -2.23. The third-order valence-electron chi connectivity index (χ3n) is 2.94. The van der Waals surface area contributed by atoms with E-state index in [1.165, 1.54) is 0 Å². The first-order chi connectivity index (χ1) is 10.0. The minimum Gasteiger partial charge on any atom is -0.478 e. The van der Waals surface area contributed by atoms with Crippen LogP contribution in [-0.2, 0) is 11.3 Å². The maximum Gasteiger partial charge on any atom is 0.328 e. The van der Waals surface area contributed by atoms with E-state index in [0.29, 0.717) is 12.3 Å². The van der Waals surface area contributed by atoms with E-state index in [1.54, 1.807) is 6.08 Å². The summed E-state index contributed by atoms with van der Waals surface area (Å²) < 4.78 is 0. The summed E-state index contributed by atoms with van der Waals surface area (Å²) in [6.45, 7) is 6.78. The highest BCUT2D eigenvalue weighted by Crippen LogP contribution is 2.12. The number of rotatable bonds is 8. The van der Waals surface area contributed by atoms with E-state index in [0.717, 1.165) is 36.8 Å². The second-order valence-corrected chi connectivity index (χ2v) is 5.45. The smallest absolute Gasteiger partial charge is 0.328 e. The van der Waals surface area contributed by atoms with Gasteiger partial charge in [0.05, 0.1) is 6.07 Å². The summed E-state index contributed by atoms with van der Waals surface area (Å²) in [6.07, 6.45) is 3.25. The molecule has 1 aromatic rings. The number of carboxylic acids is 1. The first kappa shape index (κ1) is 16.9. The number of benzene rings is 1. The van der Waals surface area contributed by atoms with Gasteiger partial charge in [0.15, 0.2) is 0 Å². The van der Waals surface area contributed by atoms with Crippen molar-refractivity contribution in [2.24, 2.45) is 5.92 Å². The zero-order chi connectivity index (χ0) is 15.7. The fraction of sp³-hybridized carbons (Fsp3) is 0.412. The Morgan fingerprint density at radius 2 is 2.24 bits per heavy atom. The van der Waals surface area contributed by atoms with Crippen molar-refractivity contribution in [3.8, 4) is 6.07 Å². The van der Waals surface area contributed by atoms with Crippen LogP contribution in [0.15, 0.2) is 30.3 Å². The Morgan fingerprint density at radius 3 is 2.86 bits per heavy atom. The summed E-state index contributed by atoms with van der Waals surface area (Å²) in [4.78, 5) is 12.8. The van der Waals surface area contributed by atoms with Crippen molar-refractivity contribution in [3.05, 3.63) is 41.5 Å². The average molecular weight is 286 g/mol. The molecule has 0 amide bonds. The van der Waals surface area contributed by atoms with Gasteiger partial charge in [-0.3, -0.25) is 4.90 Å². The third kappa shape index (κ3) is 7.28. The molecular weight excluding hydrogens is 264 g/mol. The van der Waals surface area contributed by atoms with Crippen molar-refractivity contribution in [2.45, 2.75) is 26.8 Å². The molecule has 4 heteroatoms. The summed E-state index contributed by atoms with van der Waals surface area (Å²) >= 11 is 0. The van der Waals surface area contributed by atoms with Gasteiger partial charge in [-0.1, -0.05) is 38.1 Å². The lowest BCUT2D eigenvalue weighted by atomic mass is 10.1. The number of carboxylic acid groups (broad SMARTS) is 1. The lowest BCUT2D eigenvalue weighted by Crippen LogP contribution is -2.28. The molecule has 4 nitrogen and oxygen atoms in total. The molecule has 0 aromatic heterocycles. The van der Waals surface area contributed by atoms with E-state index in [-0.39, 0.29) is 0 Å². The fourth-order valence-electron chi connectivity index (χ4n) is 2.18. The van der Waals surface area contributed by atoms with Crippen LogP contribution in [0.5, 0.6) is 0 Å². The van der Waals surface area contributed by atoms with Crippen LogP contribution >= 0.6 is 0 Å². The lowest BCUT2D eigenvalue weighted by molar-refractivity contribution is -0.131. The number of hydrogen-bond donors (Lipinski definition) is 1. The summed E-state index contributed by atoms with van der Waals surface area (Å²) in [7, 11) is 0. The predicted molar refractivity (Wildman–Crippen MR) is 83.5 cm³/mol. The van der Waals surface area contributed by atoms with Crippen molar-refractivity contribution < 1.29 is 9.90 Å². The van der Waals surface area contributed by atoms with Gasteiger partial charge in [0.1, 0.15) is 0 Å². The van der Waals surface area contributed by atoms with Crippen molar-refractivity contribution in [3.63, 3.8) is 0 Å².